The van der Waals surface area contributed by atoms with Crippen LogP contribution in [0.2, 0.25) is 0 Å². The molecule has 0 unspecified atom stereocenters. The summed E-state index contributed by atoms with van der Waals surface area (Å²) < 4.78 is 21.5. The van der Waals surface area contributed by atoms with Gasteiger partial charge in [-0.15, -0.1) is 10.2 Å². The van der Waals surface area contributed by atoms with E-state index in [2.05, 4.69) is 10.2 Å². The Bertz CT molecular complexity index is 837. The third kappa shape index (κ3) is 2.08. The molecule has 0 bridgehead atoms. The molecular weight excluding hydrogens is 316 g/mol. The molecule has 3 heterocycles. The van der Waals surface area contributed by atoms with Gasteiger partial charge in [-0.25, -0.2) is 0 Å². The standard InChI is InChI=1S/C16H10N2O4S/c1-3-11-13(21-7-19-11)5-9(1)15-17-18-16(23-15)10-2-4-12-14(6-10)22-8-20-12/h1-6H,7-8H2. The molecule has 0 radical (unpaired) electrons. The molecule has 0 saturated carbocycles. The Kier molecular flexibility index (Phi) is 2.68. The monoisotopic (exact) mass is 326 g/mol. The molecule has 0 N–H and O–H groups in total. The maximum absolute atomic E-state index is 5.41. The van der Waals surface area contributed by atoms with Gasteiger partial charge in [-0.1, -0.05) is 11.3 Å². The molecule has 23 heavy (non-hydrogen) atoms. The zero-order chi connectivity index (χ0) is 15.2. The number of fused-ring (bicyclic) bond motifs is 2. The molecule has 0 aliphatic carbocycles. The van der Waals surface area contributed by atoms with Gasteiger partial charge < -0.3 is 18.9 Å². The first-order valence-electron chi connectivity index (χ1n) is 7.00. The van der Waals surface area contributed by atoms with Crippen LogP contribution in [0.15, 0.2) is 36.4 Å². The van der Waals surface area contributed by atoms with E-state index < -0.39 is 0 Å². The summed E-state index contributed by atoms with van der Waals surface area (Å²) >= 11 is 1.52. The van der Waals surface area contributed by atoms with Crippen LogP contribution >= 0.6 is 11.3 Å². The molecule has 2 aliphatic heterocycles. The average Bonchev–Trinajstić information content (AvgIpc) is 3.32. The number of benzene rings is 2. The van der Waals surface area contributed by atoms with E-state index in [0.29, 0.717) is 0 Å². The van der Waals surface area contributed by atoms with Gasteiger partial charge in [0.15, 0.2) is 23.0 Å². The van der Waals surface area contributed by atoms with Gasteiger partial charge in [-0.2, -0.15) is 0 Å². The Hall–Kier alpha value is -2.80. The van der Waals surface area contributed by atoms with Crippen molar-refractivity contribution in [2.45, 2.75) is 0 Å². The zero-order valence-electron chi connectivity index (χ0n) is 11.8. The normalized spacial score (nSPS) is 14.3. The van der Waals surface area contributed by atoms with E-state index >= 15 is 0 Å². The average molecular weight is 326 g/mol. The van der Waals surface area contributed by atoms with E-state index in [4.69, 9.17) is 18.9 Å². The van der Waals surface area contributed by atoms with E-state index in [0.717, 1.165) is 44.1 Å². The van der Waals surface area contributed by atoms with E-state index in [9.17, 15) is 0 Å². The second-order valence-electron chi connectivity index (χ2n) is 5.05. The lowest BCUT2D eigenvalue weighted by Crippen LogP contribution is -1.92. The minimum atomic E-state index is 0.261. The number of rotatable bonds is 2. The van der Waals surface area contributed by atoms with Crippen molar-refractivity contribution in [1.82, 2.24) is 10.2 Å². The van der Waals surface area contributed by atoms with Crippen molar-refractivity contribution in [2.75, 3.05) is 13.6 Å². The molecular formula is C16H10N2O4S. The number of ether oxygens (including phenoxy) is 4. The van der Waals surface area contributed by atoms with Gasteiger partial charge in [0.25, 0.3) is 0 Å². The largest absolute Gasteiger partial charge is 0.454 e. The van der Waals surface area contributed by atoms with Crippen molar-refractivity contribution >= 4 is 11.3 Å². The molecule has 1 aromatic heterocycles. The highest BCUT2D eigenvalue weighted by molar-refractivity contribution is 7.17. The second kappa shape index (κ2) is 4.85. The second-order valence-corrected chi connectivity index (χ2v) is 6.03. The van der Waals surface area contributed by atoms with Crippen LogP contribution < -0.4 is 18.9 Å². The quantitative estimate of drug-likeness (QED) is 0.720. The predicted molar refractivity (Wildman–Crippen MR) is 83.0 cm³/mol. The van der Waals surface area contributed by atoms with Crippen molar-refractivity contribution in [3.63, 3.8) is 0 Å². The van der Waals surface area contributed by atoms with Crippen molar-refractivity contribution in [2.24, 2.45) is 0 Å². The van der Waals surface area contributed by atoms with Gasteiger partial charge >= 0.3 is 0 Å². The third-order valence-corrected chi connectivity index (χ3v) is 4.69. The van der Waals surface area contributed by atoms with Crippen molar-refractivity contribution < 1.29 is 18.9 Å². The predicted octanol–water partition coefficient (Wildman–Crippen LogP) is 3.33. The minimum absolute atomic E-state index is 0.261. The molecule has 6 nitrogen and oxygen atoms in total. The van der Waals surface area contributed by atoms with Crippen molar-refractivity contribution in [3.8, 4) is 44.1 Å². The van der Waals surface area contributed by atoms with Gasteiger partial charge in [-0.3, -0.25) is 0 Å². The van der Waals surface area contributed by atoms with Crippen LogP contribution in [-0.2, 0) is 0 Å². The summed E-state index contributed by atoms with van der Waals surface area (Å²) in [6.45, 7) is 0.523. The molecule has 114 valence electrons. The molecule has 0 amide bonds. The fourth-order valence-corrected chi connectivity index (χ4v) is 3.35. The molecule has 0 spiro atoms. The van der Waals surface area contributed by atoms with Crippen molar-refractivity contribution in [3.05, 3.63) is 36.4 Å². The Labute approximate surface area is 135 Å². The van der Waals surface area contributed by atoms with E-state index in [1.165, 1.54) is 11.3 Å². The summed E-state index contributed by atoms with van der Waals surface area (Å²) in [6.07, 6.45) is 0. The summed E-state index contributed by atoms with van der Waals surface area (Å²) in [6, 6.07) is 11.5. The Morgan fingerprint density at radius 3 is 1.65 bits per heavy atom. The molecule has 5 rings (SSSR count). The molecule has 0 saturated heterocycles. The Balaban J connectivity index is 1.51. The van der Waals surface area contributed by atoms with Crippen LogP contribution in [0, 0.1) is 0 Å². The number of hydrogen-bond acceptors (Lipinski definition) is 7. The SMILES string of the molecule is c1cc2c(cc1-c1nnc(-c3ccc4c(c3)OCO4)s1)OCO2. The van der Waals surface area contributed by atoms with Crippen molar-refractivity contribution in [1.29, 1.82) is 0 Å². The maximum atomic E-state index is 5.41. The van der Waals surface area contributed by atoms with E-state index in [-0.39, 0.29) is 13.6 Å². The van der Waals surface area contributed by atoms with Crippen LogP contribution in [0.4, 0.5) is 0 Å². The first-order chi connectivity index (χ1) is 11.4. The zero-order valence-corrected chi connectivity index (χ0v) is 12.6. The van der Waals surface area contributed by atoms with Crippen LogP contribution in [0.1, 0.15) is 0 Å². The molecule has 0 atom stereocenters. The molecule has 2 aliphatic rings. The molecule has 2 aromatic carbocycles. The lowest BCUT2D eigenvalue weighted by molar-refractivity contribution is 0.173. The highest BCUT2D eigenvalue weighted by Gasteiger charge is 2.18. The van der Waals surface area contributed by atoms with E-state index in [1.807, 2.05) is 36.4 Å². The number of aromatic nitrogens is 2. The van der Waals surface area contributed by atoms with E-state index in [1.54, 1.807) is 0 Å². The van der Waals surface area contributed by atoms with Gasteiger partial charge in [0, 0.05) is 11.1 Å². The first kappa shape index (κ1) is 12.7. The number of hydrogen-bond donors (Lipinski definition) is 0. The Morgan fingerprint density at radius 1 is 0.652 bits per heavy atom. The summed E-state index contributed by atoms with van der Waals surface area (Å²) in [4.78, 5) is 0. The number of nitrogens with zero attached hydrogens (tertiary/aromatic N) is 2. The topological polar surface area (TPSA) is 62.7 Å². The lowest BCUT2D eigenvalue weighted by Gasteiger charge is -1.99. The summed E-state index contributed by atoms with van der Waals surface area (Å²) in [7, 11) is 0. The summed E-state index contributed by atoms with van der Waals surface area (Å²) in [5.41, 5.74) is 1.91. The fraction of sp³-hybridized carbons (Fsp3) is 0.125. The molecule has 0 fully saturated rings. The van der Waals surface area contributed by atoms with Crippen LogP contribution in [0.5, 0.6) is 23.0 Å². The highest BCUT2D eigenvalue weighted by Crippen LogP contribution is 2.40. The van der Waals surface area contributed by atoms with Gasteiger partial charge in [0.2, 0.25) is 13.6 Å². The van der Waals surface area contributed by atoms with Gasteiger partial charge in [0.05, 0.1) is 0 Å². The van der Waals surface area contributed by atoms with Gasteiger partial charge in [-0.05, 0) is 36.4 Å². The minimum Gasteiger partial charge on any atom is -0.454 e. The molecule has 7 heteroatoms. The Morgan fingerprint density at radius 2 is 1.13 bits per heavy atom. The highest BCUT2D eigenvalue weighted by atomic mass is 32.1. The maximum Gasteiger partial charge on any atom is 0.231 e. The molecule has 3 aromatic rings. The summed E-state index contributed by atoms with van der Waals surface area (Å²) in [5.74, 6) is 2.99. The van der Waals surface area contributed by atoms with Crippen LogP contribution in [0.3, 0.4) is 0 Å². The third-order valence-electron chi connectivity index (χ3n) is 3.66. The lowest BCUT2D eigenvalue weighted by atomic mass is 10.2. The van der Waals surface area contributed by atoms with Gasteiger partial charge in [0.1, 0.15) is 10.0 Å². The van der Waals surface area contributed by atoms with Crippen LogP contribution in [0.25, 0.3) is 21.1 Å². The summed E-state index contributed by atoms with van der Waals surface area (Å²) in [5, 5.41) is 10.2. The fourth-order valence-electron chi connectivity index (χ4n) is 2.52. The smallest absolute Gasteiger partial charge is 0.231 e. The first-order valence-corrected chi connectivity index (χ1v) is 7.82. The van der Waals surface area contributed by atoms with Crippen LogP contribution in [-0.4, -0.2) is 23.8 Å².